The molecule has 0 bridgehead atoms. The fourth-order valence-corrected chi connectivity index (χ4v) is 3.09. The maximum atomic E-state index is 5.61. The molecule has 1 aliphatic heterocycles. The van der Waals surface area contributed by atoms with Crippen LogP contribution in [0, 0.1) is 0 Å². The Balaban J connectivity index is 0.00000176. The van der Waals surface area contributed by atoms with Gasteiger partial charge in [0, 0.05) is 37.5 Å². The molecule has 1 unspecified atom stereocenters. The van der Waals surface area contributed by atoms with Gasteiger partial charge in [-0.1, -0.05) is 0 Å². The van der Waals surface area contributed by atoms with E-state index >= 15 is 0 Å². The lowest BCUT2D eigenvalue weighted by Gasteiger charge is -2.14. The van der Waals surface area contributed by atoms with Crippen molar-refractivity contribution in [2.75, 3.05) is 19.7 Å². The zero-order valence-corrected chi connectivity index (χ0v) is 15.8. The molecule has 0 saturated carbocycles. The van der Waals surface area contributed by atoms with E-state index in [2.05, 4.69) is 27.5 Å². The number of hydrogen-bond donors (Lipinski definition) is 2. The normalized spacial score (nSPS) is 18.4. The Morgan fingerprint density at radius 2 is 2.45 bits per heavy atom. The number of fused-ring (bicyclic) bond motifs is 1. The third-order valence-corrected chi connectivity index (χ3v) is 4.18. The average molecular weight is 435 g/mol. The van der Waals surface area contributed by atoms with Crippen molar-refractivity contribution in [3.63, 3.8) is 0 Å². The lowest BCUT2D eigenvalue weighted by Crippen LogP contribution is -2.41. The number of thiazole rings is 1. The summed E-state index contributed by atoms with van der Waals surface area (Å²) in [4.78, 5) is 10.1. The average Bonchev–Trinajstić information content (AvgIpc) is 3.18. The molecular weight excluding hydrogens is 413 g/mol. The number of nitrogens with zero attached hydrogens (tertiary/aromatic N) is 3. The Kier molecular flexibility index (Phi) is 6.90. The van der Waals surface area contributed by atoms with Gasteiger partial charge in [-0.15, -0.1) is 35.3 Å². The fourth-order valence-electron chi connectivity index (χ4n) is 2.37. The first-order valence-corrected chi connectivity index (χ1v) is 8.28. The summed E-state index contributed by atoms with van der Waals surface area (Å²) < 4.78 is 7.64. The quantitative estimate of drug-likeness (QED) is 0.430. The second-order valence-corrected chi connectivity index (χ2v) is 5.91. The van der Waals surface area contributed by atoms with Crippen LogP contribution in [0.1, 0.15) is 25.5 Å². The van der Waals surface area contributed by atoms with Crippen LogP contribution in [0.15, 0.2) is 22.8 Å². The number of nitrogens with one attached hydrogen (secondary N) is 2. The van der Waals surface area contributed by atoms with Crippen molar-refractivity contribution in [2.24, 2.45) is 4.99 Å². The number of guanidine groups is 1. The minimum absolute atomic E-state index is 0. The van der Waals surface area contributed by atoms with E-state index in [0.29, 0.717) is 12.6 Å². The number of imidazole rings is 1. The molecule has 2 N–H and O–H groups in total. The number of aliphatic imine (C=N–C) groups is 1. The molecule has 2 aromatic rings. The van der Waals surface area contributed by atoms with Crippen molar-refractivity contribution in [1.29, 1.82) is 0 Å². The van der Waals surface area contributed by atoms with E-state index in [1.807, 2.05) is 22.2 Å². The highest BCUT2D eigenvalue weighted by molar-refractivity contribution is 14.0. The molecule has 0 aliphatic carbocycles. The second kappa shape index (κ2) is 8.68. The minimum atomic E-state index is 0. The number of hydrogen-bond acceptors (Lipinski definition) is 4. The topological polar surface area (TPSA) is 63.0 Å². The van der Waals surface area contributed by atoms with Crippen molar-refractivity contribution in [2.45, 2.75) is 32.4 Å². The standard InChI is InChI=1S/C14H21N5OS.HI/c1-2-15-13(17-9-12-4-3-6-20-12)16-8-11-10-19-5-7-21-14(19)18-11;/h5,7,10,12H,2-4,6,8-9H2,1H3,(H2,15,16,17);1H. The van der Waals surface area contributed by atoms with Crippen LogP contribution in [-0.4, -0.2) is 41.1 Å². The van der Waals surface area contributed by atoms with E-state index in [1.54, 1.807) is 11.3 Å². The molecule has 0 amide bonds. The summed E-state index contributed by atoms with van der Waals surface area (Å²) in [6, 6.07) is 0. The van der Waals surface area contributed by atoms with Crippen molar-refractivity contribution in [3.8, 4) is 0 Å². The van der Waals surface area contributed by atoms with E-state index in [0.717, 1.165) is 49.2 Å². The molecule has 0 spiro atoms. The second-order valence-electron chi connectivity index (χ2n) is 5.04. The van der Waals surface area contributed by atoms with Gasteiger partial charge in [0.15, 0.2) is 10.9 Å². The van der Waals surface area contributed by atoms with Gasteiger partial charge in [-0.05, 0) is 19.8 Å². The summed E-state index contributed by atoms with van der Waals surface area (Å²) in [6.45, 7) is 5.18. The summed E-state index contributed by atoms with van der Waals surface area (Å²) in [6.07, 6.45) is 6.64. The highest BCUT2D eigenvalue weighted by Gasteiger charge is 2.15. The van der Waals surface area contributed by atoms with E-state index in [9.17, 15) is 0 Å². The van der Waals surface area contributed by atoms with Crippen LogP contribution in [0.25, 0.3) is 4.96 Å². The van der Waals surface area contributed by atoms with Crippen LogP contribution in [-0.2, 0) is 11.3 Å². The lowest BCUT2D eigenvalue weighted by atomic mass is 10.2. The molecule has 1 fully saturated rings. The highest BCUT2D eigenvalue weighted by Crippen LogP contribution is 2.12. The molecule has 0 radical (unpaired) electrons. The molecule has 1 saturated heterocycles. The predicted octanol–water partition coefficient (Wildman–Crippen LogP) is 2.25. The summed E-state index contributed by atoms with van der Waals surface area (Å²) in [5.74, 6) is 0.823. The Hall–Kier alpha value is -0.870. The Morgan fingerprint density at radius 3 is 3.18 bits per heavy atom. The molecule has 6 nitrogen and oxygen atoms in total. The highest BCUT2D eigenvalue weighted by atomic mass is 127. The van der Waals surface area contributed by atoms with Gasteiger partial charge in [0.05, 0.1) is 18.3 Å². The molecule has 22 heavy (non-hydrogen) atoms. The van der Waals surface area contributed by atoms with Gasteiger partial charge < -0.3 is 15.4 Å². The van der Waals surface area contributed by atoms with Gasteiger partial charge in [-0.3, -0.25) is 4.40 Å². The first-order chi connectivity index (χ1) is 10.3. The zero-order valence-electron chi connectivity index (χ0n) is 12.6. The van der Waals surface area contributed by atoms with E-state index in [4.69, 9.17) is 4.74 Å². The minimum Gasteiger partial charge on any atom is -0.376 e. The SMILES string of the molecule is CCNC(=NCc1cn2ccsc2n1)NCC1CCCO1.I. The predicted molar refractivity (Wildman–Crippen MR) is 100 cm³/mol. The number of aromatic nitrogens is 2. The van der Waals surface area contributed by atoms with Crippen molar-refractivity contribution < 1.29 is 4.74 Å². The first-order valence-electron chi connectivity index (χ1n) is 7.40. The van der Waals surface area contributed by atoms with Crippen molar-refractivity contribution in [1.82, 2.24) is 20.0 Å². The van der Waals surface area contributed by atoms with E-state index in [1.165, 1.54) is 0 Å². The van der Waals surface area contributed by atoms with Gasteiger partial charge in [-0.25, -0.2) is 9.98 Å². The number of ether oxygens (including phenoxy) is 1. The third-order valence-electron chi connectivity index (χ3n) is 3.41. The van der Waals surface area contributed by atoms with Crippen LogP contribution < -0.4 is 10.6 Å². The summed E-state index contributed by atoms with van der Waals surface area (Å²) in [7, 11) is 0. The molecule has 0 aromatic carbocycles. The van der Waals surface area contributed by atoms with Gasteiger partial charge in [0.25, 0.3) is 0 Å². The van der Waals surface area contributed by atoms with Gasteiger partial charge in [0.2, 0.25) is 0 Å². The molecule has 3 heterocycles. The van der Waals surface area contributed by atoms with E-state index in [-0.39, 0.29) is 24.0 Å². The van der Waals surface area contributed by atoms with Crippen LogP contribution in [0.4, 0.5) is 0 Å². The number of rotatable bonds is 5. The zero-order chi connectivity index (χ0) is 14.5. The van der Waals surface area contributed by atoms with Crippen molar-refractivity contribution >= 4 is 46.2 Å². The van der Waals surface area contributed by atoms with Crippen LogP contribution in [0.2, 0.25) is 0 Å². The van der Waals surface area contributed by atoms with Crippen molar-refractivity contribution in [3.05, 3.63) is 23.5 Å². The lowest BCUT2D eigenvalue weighted by molar-refractivity contribution is 0.114. The van der Waals surface area contributed by atoms with Gasteiger partial charge in [0.1, 0.15) is 0 Å². The maximum absolute atomic E-state index is 5.61. The van der Waals surface area contributed by atoms with Gasteiger partial charge in [-0.2, -0.15) is 0 Å². The summed E-state index contributed by atoms with van der Waals surface area (Å²) in [5, 5.41) is 8.63. The molecule has 2 aromatic heterocycles. The third kappa shape index (κ3) is 4.56. The first kappa shape index (κ1) is 17.5. The maximum Gasteiger partial charge on any atom is 0.193 e. The summed E-state index contributed by atoms with van der Waals surface area (Å²) in [5.41, 5.74) is 0.983. The molecule has 1 aliphatic rings. The fraction of sp³-hybridized carbons (Fsp3) is 0.571. The summed E-state index contributed by atoms with van der Waals surface area (Å²) >= 11 is 1.64. The Morgan fingerprint density at radius 1 is 1.55 bits per heavy atom. The smallest absolute Gasteiger partial charge is 0.193 e. The molecule has 8 heteroatoms. The molecule has 3 rings (SSSR count). The molecule has 122 valence electrons. The molecule has 1 atom stereocenters. The van der Waals surface area contributed by atoms with Crippen LogP contribution in [0.5, 0.6) is 0 Å². The Bertz CT molecular complexity index is 577. The van der Waals surface area contributed by atoms with Crippen LogP contribution in [0.3, 0.4) is 0 Å². The largest absolute Gasteiger partial charge is 0.376 e. The van der Waals surface area contributed by atoms with Crippen LogP contribution >= 0.6 is 35.3 Å². The number of halogens is 1. The Labute approximate surface area is 151 Å². The van der Waals surface area contributed by atoms with Gasteiger partial charge >= 0.3 is 0 Å². The van der Waals surface area contributed by atoms with E-state index < -0.39 is 0 Å². The monoisotopic (exact) mass is 435 g/mol. The molecular formula is C14H22IN5OS.